The van der Waals surface area contributed by atoms with Gasteiger partial charge in [0.15, 0.2) is 0 Å². The van der Waals surface area contributed by atoms with Crippen LogP contribution in [0.3, 0.4) is 0 Å². The van der Waals surface area contributed by atoms with Gasteiger partial charge in [0.05, 0.1) is 6.61 Å². The van der Waals surface area contributed by atoms with Gasteiger partial charge in [0.2, 0.25) is 0 Å². The van der Waals surface area contributed by atoms with Gasteiger partial charge in [0.1, 0.15) is 0 Å². The molecule has 1 aliphatic carbocycles. The predicted molar refractivity (Wildman–Crippen MR) is 73.2 cm³/mol. The molecule has 3 heteroatoms. The molecular formula is C14H30N2O. The average Bonchev–Trinajstić information content (AvgIpc) is 2.28. The molecule has 0 saturated heterocycles. The van der Waals surface area contributed by atoms with E-state index in [4.69, 9.17) is 10.5 Å². The zero-order chi connectivity index (χ0) is 12.9. The van der Waals surface area contributed by atoms with Crippen LogP contribution in [0.25, 0.3) is 0 Å². The average molecular weight is 242 g/mol. The Morgan fingerprint density at radius 2 is 2.00 bits per heavy atom. The van der Waals surface area contributed by atoms with Gasteiger partial charge in [-0.05, 0) is 31.2 Å². The van der Waals surface area contributed by atoms with E-state index in [0.29, 0.717) is 5.41 Å². The summed E-state index contributed by atoms with van der Waals surface area (Å²) in [5.74, 6) is 0. The minimum atomic E-state index is 0.203. The van der Waals surface area contributed by atoms with Gasteiger partial charge < -0.3 is 10.5 Å². The van der Waals surface area contributed by atoms with Crippen molar-refractivity contribution in [3.63, 3.8) is 0 Å². The first-order valence-corrected chi connectivity index (χ1v) is 6.94. The molecule has 1 fully saturated rings. The SMILES string of the molecule is CCN(CCOC)C1(CN)CCCC(C)(C)C1. The van der Waals surface area contributed by atoms with Crippen molar-refractivity contribution in [3.05, 3.63) is 0 Å². The van der Waals surface area contributed by atoms with Crippen LogP contribution in [-0.4, -0.2) is 43.8 Å². The summed E-state index contributed by atoms with van der Waals surface area (Å²) in [7, 11) is 1.77. The second kappa shape index (κ2) is 6.17. The Labute approximate surface area is 107 Å². The van der Waals surface area contributed by atoms with Crippen LogP contribution in [0, 0.1) is 5.41 Å². The lowest BCUT2D eigenvalue weighted by molar-refractivity contribution is -0.000564. The highest BCUT2D eigenvalue weighted by molar-refractivity contribution is 4.99. The van der Waals surface area contributed by atoms with Gasteiger partial charge in [-0.3, -0.25) is 4.90 Å². The molecule has 102 valence electrons. The third-order valence-electron chi connectivity index (χ3n) is 4.30. The maximum absolute atomic E-state index is 6.13. The van der Waals surface area contributed by atoms with Crippen LogP contribution >= 0.6 is 0 Å². The fourth-order valence-electron chi connectivity index (χ4n) is 3.47. The maximum Gasteiger partial charge on any atom is 0.0589 e. The van der Waals surface area contributed by atoms with Crippen molar-refractivity contribution in [1.82, 2.24) is 4.90 Å². The molecule has 0 aromatic heterocycles. The molecule has 17 heavy (non-hydrogen) atoms. The normalized spacial score (nSPS) is 28.6. The first-order chi connectivity index (χ1) is 7.99. The zero-order valence-corrected chi connectivity index (χ0v) is 12.1. The van der Waals surface area contributed by atoms with Gasteiger partial charge in [-0.2, -0.15) is 0 Å². The predicted octanol–water partition coefficient (Wildman–Crippen LogP) is 2.25. The Bertz CT molecular complexity index is 230. The molecule has 0 radical (unpaired) electrons. The quantitative estimate of drug-likeness (QED) is 0.776. The molecular weight excluding hydrogens is 212 g/mol. The molecule has 2 N–H and O–H groups in total. The number of nitrogens with two attached hydrogens (primary N) is 1. The van der Waals surface area contributed by atoms with Crippen molar-refractivity contribution < 1.29 is 4.74 Å². The molecule has 0 aliphatic heterocycles. The Balaban J connectivity index is 2.77. The third-order valence-corrected chi connectivity index (χ3v) is 4.30. The van der Waals surface area contributed by atoms with E-state index < -0.39 is 0 Å². The summed E-state index contributed by atoms with van der Waals surface area (Å²) >= 11 is 0. The summed E-state index contributed by atoms with van der Waals surface area (Å²) < 4.78 is 5.22. The van der Waals surface area contributed by atoms with Crippen LogP contribution in [0.4, 0.5) is 0 Å². The summed E-state index contributed by atoms with van der Waals surface area (Å²) in [6, 6.07) is 0. The van der Waals surface area contributed by atoms with Crippen molar-refractivity contribution in [2.45, 2.75) is 52.0 Å². The number of hydrogen-bond acceptors (Lipinski definition) is 3. The van der Waals surface area contributed by atoms with E-state index in [1.807, 2.05) is 0 Å². The largest absolute Gasteiger partial charge is 0.383 e. The molecule has 0 amide bonds. The number of hydrogen-bond donors (Lipinski definition) is 1. The molecule has 3 nitrogen and oxygen atoms in total. The molecule has 0 bridgehead atoms. The second-order valence-corrected chi connectivity index (χ2v) is 6.20. The van der Waals surface area contributed by atoms with Gasteiger partial charge in [0, 0.05) is 25.7 Å². The summed E-state index contributed by atoms with van der Waals surface area (Å²) in [6.45, 7) is 10.6. The van der Waals surface area contributed by atoms with E-state index in [-0.39, 0.29) is 5.54 Å². The van der Waals surface area contributed by atoms with Crippen LogP contribution in [0.2, 0.25) is 0 Å². The summed E-state index contributed by atoms with van der Waals surface area (Å²) in [5, 5.41) is 0. The molecule has 0 aromatic carbocycles. The van der Waals surface area contributed by atoms with E-state index >= 15 is 0 Å². The van der Waals surface area contributed by atoms with E-state index in [1.165, 1.54) is 25.7 Å². The Morgan fingerprint density at radius 1 is 1.29 bits per heavy atom. The Hall–Kier alpha value is -0.120. The molecule has 1 saturated carbocycles. The molecule has 1 rings (SSSR count). The van der Waals surface area contributed by atoms with Gasteiger partial charge in [-0.25, -0.2) is 0 Å². The van der Waals surface area contributed by atoms with Crippen molar-refractivity contribution in [3.8, 4) is 0 Å². The van der Waals surface area contributed by atoms with Crippen LogP contribution in [-0.2, 0) is 4.74 Å². The number of methoxy groups -OCH3 is 1. The van der Waals surface area contributed by atoms with Crippen molar-refractivity contribution in [2.75, 3.05) is 33.4 Å². The topological polar surface area (TPSA) is 38.5 Å². The van der Waals surface area contributed by atoms with Crippen LogP contribution in [0.1, 0.15) is 46.5 Å². The number of likely N-dealkylation sites (N-methyl/N-ethyl adjacent to an activating group) is 1. The highest BCUT2D eigenvalue weighted by Crippen LogP contribution is 2.43. The number of ether oxygens (including phenoxy) is 1. The smallest absolute Gasteiger partial charge is 0.0589 e. The lowest BCUT2D eigenvalue weighted by atomic mass is 9.67. The lowest BCUT2D eigenvalue weighted by Gasteiger charge is -2.50. The van der Waals surface area contributed by atoms with Crippen LogP contribution < -0.4 is 5.73 Å². The van der Waals surface area contributed by atoms with Crippen molar-refractivity contribution >= 4 is 0 Å². The van der Waals surface area contributed by atoms with Gasteiger partial charge in [-0.15, -0.1) is 0 Å². The molecule has 1 unspecified atom stereocenters. The van der Waals surface area contributed by atoms with Gasteiger partial charge in [0.25, 0.3) is 0 Å². The second-order valence-electron chi connectivity index (χ2n) is 6.20. The summed E-state index contributed by atoms with van der Waals surface area (Å²) in [5.41, 5.74) is 6.76. The molecule has 0 spiro atoms. The molecule has 0 aromatic rings. The fraction of sp³-hybridized carbons (Fsp3) is 1.00. The number of nitrogens with zero attached hydrogens (tertiary/aromatic N) is 1. The first kappa shape index (κ1) is 14.9. The Morgan fingerprint density at radius 3 is 2.47 bits per heavy atom. The van der Waals surface area contributed by atoms with Crippen LogP contribution in [0.15, 0.2) is 0 Å². The highest BCUT2D eigenvalue weighted by Gasteiger charge is 2.42. The van der Waals surface area contributed by atoms with E-state index in [0.717, 1.165) is 26.2 Å². The summed E-state index contributed by atoms with van der Waals surface area (Å²) in [4.78, 5) is 2.54. The third kappa shape index (κ3) is 3.67. The Kier molecular flexibility index (Phi) is 5.42. The van der Waals surface area contributed by atoms with E-state index in [2.05, 4.69) is 25.7 Å². The van der Waals surface area contributed by atoms with Crippen LogP contribution in [0.5, 0.6) is 0 Å². The zero-order valence-electron chi connectivity index (χ0n) is 12.1. The lowest BCUT2D eigenvalue weighted by Crippen LogP contribution is -2.58. The molecule has 1 atom stereocenters. The summed E-state index contributed by atoms with van der Waals surface area (Å²) in [6.07, 6.45) is 5.09. The monoisotopic (exact) mass is 242 g/mol. The van der Waals surface area contributed by atoms with E-state index in [9.17, 15) is 0 Å². The van der Waals surface area contributed by atoms with Crippen molar-refractivity contribution in [1.29, 1.82) is 0 Å². The first-order valence-electron chi connectivity index (χ1n) is 6.94. The maximum atomic E-state index is 6.13. The fourth-order valence-corrected chi connectivity index (χ4v) is 3.47. The number of rotatable bonds is 6. The minimum Gasteiger partial charge on any atom is -0.383 e. The molecule has 0 heterocycles. The van der Waals surface area contributed by atoms with E-state index in [1.54, 1.807) is 7.11 Å². The molecule has 1 aliphatic rings. The standard InChI is InChI=1S/C14H30N2O/c1-5-16(9-10-17-4)14(12-15)8-6-7-13(2,3)11-14/h5-12,15H2,1-4H3. The van der Waals surface area contributed by atoms with Gasteiger partial charge >= 0.3 is 0 Å². The minimum absolute atomic E-state index is 0.203. The van der Waals surface area contributed by atoms with Gasteiger partial charge in [-0.1, -0.05) is 27.2 Å². The highest BCUT2D eigenvalue weighted by atomic mass is 16.5. The van der Waals surface area contributed by atoms with Crippen molar-refractivity contribution in [2.24, 2.45) is 11.1 Å².